The van der Waals surface area contributed by atoms with Crippen molar-refractivity contribution >= 4 is 77.6 Å². The Balaban J connectivity index is 1.84. The maximum absolute atomic E-state index is 11.7. The number of rotatable bonds is 6. The first-order valence-electron chi connectivity index (χ1n) is 6.47. The van der Waals surface area contributed by atoms with Gasteiger partial charge in [-0.15, -0.1) is 0 Å². The van der Waals surface area contributed by atoms with Crippen LogP contribution >= 0.6 is 59.4 Å². The predicted molar refractivity (Wildman–Crippen MR) is 104 cm³/mol. The van der Waals surface area contributed by atoms with Gasteiger partial charge < -0.3 is 9.15 Å². The summed E-state index contributed by atoms with van der Waals surface area (Å²) in [5.41, 5.74) is 2.35. The number of allylic oxidation sites excluding steroid dienone is 1. The van der Waals surface area contributed by atoms with E-state index in [0.29, 0.717) is 30.0 Å². The first-order valence-corrected chi connectivity index (χ1v) is 9.22. The summed E-state index contributed by atoms with van der Waals surface area (Å²) in [6.07, 6.45) is 6.36. The molecule has 1 heterocycles. The second-order valence-electron chi connectivity index (χ2n) is 4.27. The van der Waals surface area contributed by atoms with Gasteiger partial charge in [0.25, 0.3) is 5.91 Å². The van der Waals surface area contributed by atoms with Crippen LogP contribution in [0.2, 0.25) is 5.02 Å². The van der Waals surface area contributed by atoms with Crippen LogP contribution in [0.15, 0.2) is 53.5 Å². The number of ether oxygens (including phenoxy) is 1. The zero-order valence-corrected chi connectivity index (χ0v) is 17.4. The number of carbonyl (C=O) groups excluding carboxylic acids is 1. The summed E-state index contributed by atoms with van der Waals surface area (Å²) >= 11 is 16.1. The van der Waals surface area contributed by atoms with Crippen molar-refractivity contribution in [1.29, 1.82) is 0 Å². The maximum atomic E-state index is 11.7. The minimum atomic E-state index is -0.407. The average Bonchev–Trinajstić information content (AvgIpc) is 3.05. The summed E-state index contributed by atoms with van der Waals surface area (Å²) in [6.45, 7) is -0.214. The molecule has 0 saturated heterocycles. The van der Waals surface area contributed by atoms with Crippen LogP contribution in [0, 0.1) is 0 Å². The molecule has 1 amide bonds. The van der Waals surface area contributed by atoms with Gasteiger partial charge in [0.05, 0.1) is 20.2 Å². The molecule has 0 fully saturated rings. The molecule has 0 bridgehead atoms. The highest BCUT2D eigenvalue weighted by Crippen LogP contribution is 2.42. The van der Waals surface area contributed by atoms with Crippen molar-refractivity contribution in [3.8, 4) is 5.75 Å². The Kier molecular flexibility index (Phi) is 7.54. The molecule has 2 aromatic rings. The number of furan rings is 1. The molecule has 0 saturated carbocycles. The van der Waals surface area contributed by atoms with Gasteiger partial charge in [0, 0.05) is 10.7 Å². The molecule has 126 valence electrons. The van der Waals surface area contributed by atoms with Gasteiger partial charge in [-0.3, -0.25) is 4.79 Å². The first-order chi connectivity index (χ1) is 11.5. The predicted octanol–water partition coefficient (Wildman–Crippen LogP) is 5.41. The van der Waals surface area contributed by atoms with E-state index < -0.39 is 5.91 Å². The van der Waals surface area contributed by atoms with Crippen LogP contribution in [0.25, 0.3) is 6.08 Å². The summed E-state index contributed by atoms with van der Waals surface area (Å²) in [6, 6.07) is 5.31. The van der Waals surface area contributed by atoms with Crippen LogP contribution < -0.4 is 10.2 Å². The SMILES string of the molecule is O=C(COc1c(Br)cc(Br)c(Cl)c1Br)NN=C/C=C\c1ccco1. The summed E-state index contributed by atoms with van der Waals surface area (Å²) < 4.78 is 12.5. The van der Waals surface area contributed by atoms with Gasteiger partial charge in [-0.05, 0) is 78.1 Å². The van der Waals surface area contributed by atoms with Gasteiger partial charge in [0.2, 0.25) is 0 Å². The van der Waals surface area contributed by atoms with Crippen molar-refractivity contribution in [3.63, 3.8) is 0 Å². The molecule has 0 atom stereocenters. The molecule has 0 spiro atoms. The number of hydrazone groups is 1. The second kappa shape index (κ2) is 9.41. The highest BCUT2D eigenvalue weighted by Gasteiger charge is 2.15. The largest absolute Gasteiger partial charge is 0.481 e. The quantitative estimate of drug-likeness (QED) is 0.230. The van der Waals surface area contributed by atoms with Crippen LogP contribution in [0.4, 0.5) is 0 Å². The number of hydrogen-bond donors (Lipinski definition) is 1. The minimum absolute atomic E-state index is 0.214. The normalized spacial score (nSPS) is 11.3. The molecule has 0 aliphatic rings. The Hall–Kier alpha value is -1.09. The van der Waals surface area contributed by atoms with E-state index in [1.54, 1.807) is 36.6 Å². The number of carbonyl (C=O) groups is 1. The zero-order valence-electron chi connectivity index (χ0n) is 11.9. The number of halogens is 4. The van der Waals surface area contributed by atoms with Crippen molar-refractivity contribution in [2.45, 2.75) is 0 Å². The van der Waals surface area contributed by atoms with Gasteiger partial charge in [-0.1, -0.05) is 11.6 Å². The Morgan fingerprint density at radius 2 is 2.17 bits per heavy atom. The molecule has 0 unspecified atom stereocenters. The van der Waals surface area contributed by atoms with Gasteiger partial charge in [-0.25, -0.2) is 5.43 Å². The van der Waals surface area contributed by atoms with E-state index in [4.69, 9.17) is 20.8 Å². The number of amides is 1. The molecule has 0 aliphatic heterocycles. The van der Waals surface area contributed by atoms with Gasteiger partial charge in [-0.2, -0.15) is 5.10 Å². The maximum Gasteiger partial charge on any atom is 0.277 e. The highest BCUT2D eigenvalue weighted by atomic mass is 79.9. The van der Waals surface area contributed by atoms with Gasteiger partial charge >= 0.3 is 0 Å². The van der Waals surface area contributed by atoms with E-state index in [-0.39, 0.29) is 6.61 Å². The molecular formula is C15H10Br3ClN2O3. The van der Waals surface area contributed by atoms with E-state index in [9.17, 15) is 4.79 Å². The first kappa shape index (κ1) is 19.2. The van der Waals surface area contributed by atoms with Crippen molar-refractivity contribution in [3.05, 3.63) is 54.7 Å². The van der Waals surface area contributed by atoms with Crippen LogP contribution in [0.3, 0.4) is 0 Å². The van der Waals surface area contributed by atoms with Crippen LogP contribution in [0.5, 0.6) is 5.75 Å². The molecule has 5 nitrogen and oxygen atoms in total. The van der Waals surface area contributed by atoms with Crippen molar-refractivity contribution in [2.75, 3.05) is 6.61 Å². The fourth-order valence-electron chi connectivity index (χ4n) is 1.53. The summed E-state index contributed by atoms with van der Waals surface area (Å²) in [4.78, 5) is 11.7. The third-order valence-corrected chi connectivity index (χ3v) is 5.39. The molecule has 1 aromatic heterocycles. The molecule has 2 rings (SSSR count). The molecule has 1 N–H and O–H groups in total. The minimum Gasteiger partial charge on any atom is -0.481 e. The fraction of sp³-hybridized carbons (Fsp3) is 0.0667. The standard InChI is InChI=1S/C15H10Br3ClN2O3/c16-10-7-11(17)15(13(18)14(10)19)24-8-12(22)21-20-5-1-3-9-4-2-6-23-9/h1-7H,8H2,(H,21,22)/b3-1-,20-5?. The fourth-order valence-corrected chi connectivity index (χ4v) is 4.02. The van der Waals surface area contributed by atoms with Crippen LogP contribution in [0.1, 0.15) is 5.76 Å². The Labute approximate surface area is 168 Å². The molecular weight excluding hydrogens is 531 g/mol. The lowest BCUT2D eigenvalue weighted by Crippen LogP contribution is -2.24. The molecule has 1 aromatic carbocycles. The van der Waals surface area contributed by atoms with Crippen LogP contribution in [-0.2, 0) is 4.79 Å². The van der Waals surface area contributed by atoms with E-state index in [2.05, 4.69) is 58.3 Å². The topological polar surface area (TPSA) is 63.8 Å². The Morgan fingerprint density at radius 1 is 1.38 bits per heavy atom. The van der Waals surface area contributed by atoms with E-state index >= 15 is 0 Å². The summed E-state index contributed by atoms with van der Waals surface area (Å²) in [5, 5.41) is 4.22. The Bertz CT molecular complexity index is 777. The number of hydrogen-bond acceptors (Lipinski definition) is 4. The highest BCUT2D eigenvalue weighted by molar-refractivity contribution is 9.11. The van der Waals surface area contributed by atoms with Crippen LogP contribution in [-0.4, -0.2) is 18.7 Å². The number of nitrogens with one attached hydrogen (secondary N) is 1. The van der Waals surface area contributed by atoms with E-state index in [1.165, 1.54) is 6.21 Å². The van der Waals surface area contributed by atoms with E-state index in [0.717, 1.165) is 0 Å². The summed E-state index contributed by atoms with van der Waals surface area (Å²) in [7, 11) is 0. The lowest BCUT2D eigenvalue weighted by molar-refractivity contribution is -0.123. The van der Waals surface area contributed by atoms with Crippen molar-refractivity contribution in [1.82, 2.24) is 5.43 Å². The monoisotopic (exact) mass is 538 g/mol. The van der Waals surface area contributed by atoms with Gasteiger partial charge in [0.15, 0.2) is 6.61 Å². The molecule has 24 heavy (non-hydrogen) atoms. The zero-order chi connectivity index (χ0) is 17.5. The third-order valence-electron chi connectivity index (χ3n) is 2.57. The number of benzene rings is 1. The lowest BCUT2D eigenvalue weighted by atomic mass is 10.3. The van der Waals surface area contributed by atoms with Gasteiger partial charge in [0.1, 0.15) is 11.5 Å². The molecule has 0 radical (unpaired) electrons. The summed E-state index contributed by atoms with van der Waals surface area (Å²) in [5.74, 6) is 0.716. The molecule has 0 aliphatic carbocycles. The van der Waals surface area contributed by atoms with Crippen molar-refractivity contribution < 1.29 is 13.9 Å². The molecule has 9 heteroatoms. The second-order valence-corrected chi connectivity index (χ2v) is 7.15. The van der Waals surface area contributed by atoms with Crippen molar-refractivity contribution in [2.24, 2.45) is 5.10 Å². The third kappa shape index (κ3) is 5.47. The average molecular weight is 541 g/mol. The van der Waals surface area contributed by atoms with E-state index in [1.807, 2.05) is 0 Å². The Morgan fingerprint density at radius 3 is 2.88 bits per heavy atom. The smallest absolute Gasteiger partial charge is 0.277 e. The number of nitrogens with zero attached hydrogens (tertiary/aromatic N) is 1. The lowest BCUT2D eigenvalue weighted by Gasteiger charge is -2.11.